The molecule has 6 heteroatoms. The van der Waals surface area contributed by atoms with E-state index in [1.54, 1.807) is 0 Å². The van der Waals surface area contributed by atoms with E-state index in [0.29, 0.717) is 48.5 Å². The maximum Gasteiger partial charge on any atom is 0.339 e. The summed E-state index contributed by atoms with van der Waals surface area (Å²) in [5.41, 5.74) is -2.04. The van der Waals surface area contributed by atoms with Gasteiger partial charge in [-0.1, -0.05) is 0 Å². The molecule has 0 N–H and O–H groups in total. The van der Waals surface area contributed by atoms with E-state index in [2.05, 4.69) is 0 Å². The summed E-state index contributed by atoms with van der Waals surface area (Å²) in [5, 5.41) is 0. The molecular weight excluding hydrogens is 282 g/mol. The highest BCUT2D eigenvalue weighted by atomic mass is 19.3. The van der Waals surface area contributed by atoms with Crippen molar-refractivity contribution in [1.29, 1.82) is 0 Å². The Morgan fingerprint density at radius 1 is 0.500 bits per heavy atom. The van der Waals surface area contributed by atoms with Crippen LogP contribution in [0.25, 0.3) is 0 Å². The smallest absolute Gasteiger partial charge is 0.207 e. The molecule has 0 atom stereocenters. The third-order valence-electron chi connectivity index (χ3n) is 2.81. The third kappa shape index (κ3) is 2.37. The van der Waals surface area contributed by atoms with E-state index in [9.17, 15) is 26.3 Å². The molecule has 0 radical (unpaired) electrons. The maximum absolute atomic E-state index is 13.9. The van der Waals surface area contributed by atoms with Crippen LogP contribution in [0.2, 0.25) is 0 Å². The summed E-state index contributed by atoms with van der Waals surface area (Å²) in [6, 6.07) is 5.04. The van der Waals surface area contributed by atoms with Gasteiger partial charge < -0.3 is 0 Å². The van der Waals surface area contributed by atoms with Gasteiger partial charge in [-0.2, -0.15) is 17.6 Å². The summed E-state index contributed by atoms with van der Waals surface area (Å²) >= 11 is 0. The van der Waals surface area contributed by atoms with Crippen LogP contribution in [0.3, 0.4) is 0 Å². The SMILES string of the molecule is Fc1ccc(C(F)(F)C(F)(F)c2ccc(F)cc2)cc1. The first-order valence-electron chi connectivity index (χ1n) is 5.53. The largest absolute Gasteiger partial charge is 0.339 e. The molecule has 2 rings (SSSR count). The summed E-state index contributed by atoms with van der Waals surface area (Å²) in [6.45, 7) is 0. The molecule has 0 saturated carbocycles. The van der Waals surface area contributed by atoms with Crippen molar-refractivity contribution in [2.45, 2.75) is 11.8 Å². The quantitative estimate of drug-likeness (QED) is 0.709. The number of hydrogen-bond donors (Lipinski definition) is 0. The van der Waals surface area contributed by atoms with Crippen LogP contribution in [-0.4, -0.2) is 0 Å². The molecule has 106 valence electrons. The third-order valence-corrected chi connectivity index (χ3v) is 2.81. The van der Waals surface area contributed by atoms with Crippen LogP contribution in [0.1, 0.15) is 11.1 Å². The Morgan fingerprint density at radius 2 is 0.750 bits per heavy atom. The van der Waals surface area contributed by atoms with Crippen molar-refractivity contribution in [3.8, 4) is 0 Å². The standard InChI is InChI=1S/C14H8F6/c15-11-5-1-9(2-6-11)13(17,18)14(19,20)10-3-7-12(16)8-4-10/h1-8H. The first-order chi connectivity index (χ1) is 9.25. The average molecular weight is 290 g/mol. The van der Waals surface area contributed by atoms with Crippen LogP contribution in [0.4, 0.5) is 26.3 Å². The molecule has 0 spiro atoms. The van der Waals surface area contributed by atoms with Crippen LogP contribution < -0.4 is 0 Å². The summed E-state index contributed by atoms with van der Waals surface area (Å²) in [5.74, 6) is -10.7. The van der Waals surface area contributed by atoms with Crippen molar-refractivity contribution < 1.29 is 26.3 Å². The lowest BCUT2D eigenvalue weighted by Crippen LogP contribution is -2.35. The van der Waals surface area contributed by atoms with Gasteiger partial charge in [0.1, 0.15) is 11.6 Å². The van der Waals surface area contributed by atoms with Crippen molar-refractivity contribution in [3.05, 3.63) is 71.3 Å². The van der Waals surface area contributed by atoms with E-state index in [0.717, 1.165) is 0 Å². The molecule has 0 amide bonds. The van der Waals surface area contributed by atoms with Crippen molar-refractivity contribution >= 4 is 0 Å². The second-order valence-corrected chi connectivity index (χ2v) is 4.16. The summed E-state index contributed by atoms with van der Waals surface area (Å²) < 4.78 is 80.9. The molecule has 0 aliphatic carbocycles. The zero-order valence-electron chi connectivity index (χ0n) is 9.89. The predicted octanol–water partition coefficient (Wildman–Crippen LogP) is 4.85. The van der Waals surface area contributed by atoms with E-state index in [-0.39, 0.29) is 0 Å². The minimum atomic E-state index is -4.54. The molecule has 0 aliphatic heterocycles. The Bertz CT molecular complexity index is 531. The van der Waals surface area contributed by atoms with Crippen LogP contribution >= 0.6 is 0 Å². The second-order valence-electron chi connectivity index (χ2n) is 4.16. The van der Waals surface area contributed by atoms with Gasteiger partial charge in [0.25, 0.3) is 0 Å². The highest BCUT2D eigenvalue weighted by Gasteiger charge is 2.58. The average Bonchev–Trinajstić information content (AvgIpc) is 2.39. The van der Waals surface area contributed by atoms with Gasteiger partial charge in [-0.15, -0.1) is 0 Å². The molecule has 20 heavy (non-hydrogen) atoms. The van der Waals surface area contributed by atoms with Gasteiger partial charge in [0.05, 0.1) is 0 Å². The molecule has 0 heterocycles. The van der Waals surface area contributed by atoms with Crippen molar-refractivity contribution in [1.82, 2.24) is 0 Å². The molecule has 0 unspecified atom stereocenters. The number of benzene rings is 2. The highest BCUT2D eigenvalue weighted by Crippen LogP contribution is 2.49. The number of rotatable bonds is 3. The monoisotopic (exact) mass is 290 g/mol. The predicted molar refractivity (Wildman–Crippen MR) is 60.6 cm³/mol. The fourth-order valence-electron chi connectivity index (χ4n) is 1.68. The molecule has 0 aromatic heterocycles. The fourth-order valence-corrected chi connectivity index (χ4v) is 1.68. The molecule has 0 nitrogen and oxygen atoms in total. The normalized spacial score (nSPS) is 12.5. The summed E-state index contributed by atoms with van der Waals surface area (Å²) in [7, 11) is 0. The zero-order valence-corrected chi connectivity index (χ0v) is 9.89. The van der Waals surface area contributed by atoms with Gasteiger partial charge in [0.2, 0.25) is 0 Å². The van der Waals surface area contributed by atoms with Crippen LogP contribution in [0.15, 0.2) is 48.5 Å². The van der Waals surface area contributed by atoms with Crippen LogP contribution in [0, 0.1) is 11.6 Å². The fraction of sp³-hybridized carbons (Fsp3) is 0.143. The topological polar surface area (TPSA) is 0 Å². The molecule has 0 saturated heterocycles. The lowest BCUT2D eigenvalue weighted by molar-refractivity contribution is -0.223. The van der Waals surface area contributed by atoms with E-state index in [1.165, 1.54) is 0 Å². The van der Waals surface area contributed by atoms with Gasteiger partial charge in [-0.05, 0) is 48.5 Å². The lowest BCUT2D eigenvalue weighted by atomic mass is 9.96. The van der Waals surface area contributed by atoms with Gasteiger partial charge in [-0.25, -0.2) is 8.78 Å². The second kappa shape index (κ2) is 4.85. The number of alkyl halides is 4. The van der Waals surface area contributed by atoms with Gasteiger partial charge in [0, 0.05) is 11.1 Å². The summed E-state index contributed by atoms with van der Waals surface area (Å²) in [4.78, 5) is 0. The summed E-state index contributed by atoms with van der Waals surface area (Å²) in [6.07, 6.45) is 0. The molecular formula is C14H8F6. The van der Waals surface area contributed by atoms with Crippen molar-refractivity contribution in [3.63, 3.8) is 0 Å². The Morgan fingerprint density at radius 3 is 1.00 bits per heavy atom. The minimum absolute atomic E-state index is 0.590. The molecule has 0 aliphatic rings. The van der Waals surface area contributed by atoms with Crippen LogP contribution in [-0.2, 0) is 11.8 Å². The zero-order chi connectivity index (χ0) is 15.0. The first kappa shape index (κ1) is 14.4. The molecule has 0 fully saturated rings. The molecule has 2 aromatic rings. The number of halogens is 6. The maximum atomic E-state index is 13.9. The highest BCUT2D eigenvalue weighted by molar-refractivity contribution is 5.30. The first-order valence-corrected chi connectivity index (χ1v) is 5.53. The van der Waals surface area contributed by atoms with Gasteiger partial charge in [-0.3, -0.25) is 0 Å². The molecule has 2 aromatic carbocycles. The lowest BCUT2D eigenvalue weighted by Gasteiger charge is -2.27. The Balaban J connectivity index is 2.45. The van der Waals surface area contributed by atoms with E-state index in [4.69, 9.17) is 0 Å². The van der Waals surface area contributed by atoms with Crippen LogP contribution in [0.5, 0.6) is 0 Å². The Labute approximate surface area is 110 Å². The van der Waals surface area contributed by atoms with E-state index in [1.807, 2.05) is 0 Å². The number of hydrogen-bond acceptors (Lipinski definition) is 0. The molecule has 0 bridgehead atoms. The van der Waals surface area contributed by atoms with Gasteiger partial charge >= 0.3 is 11.8 Å². The van der Waals surface area contributed by atoms with E-state index >= 15 is 0 Å². The Kier molecular flexibility index (Phi) is 3.50. The van der Waals surface area contributed by atoms with E-state index < -0.39 is 34.6 Å². The minimum Gasteiger partial charge on any atom is -0.207 e. The van der Waals surface area contributed by atoms with Crippen molar-refractivity contribution in [2.24, 2.45) is 0 Å². The van der Waals surface area contributed by atoms with Crippen molar-refractivity contribution in [2.75, 3.05) is 0 Å². The van der Waals surface area contributed by atoms with Gasteiger partial charge in [0.15, 0.2) is 0 Å². The Hall–Kier alpha value is -1.98.